The van der Waals surface area contributed by atoms with E-state index in [9.17, 15) is 4.79 Å². The molecule has 1 heterocycles. The van der Waals surface area contributed by atoms with Gasteiger partial charge in [0.1, 0.15) is 0 Å². The highest BCUT2D eigenvalue weighted by atomic mass is 35.5. The summed E-state index contributed by atoms with van der Waals surface area (Å²) in [6.07, 6.45) is 1.95. The van der Waals surface area contributed by atoms with E-state index < -0.39 is 0 Å². The Bertz CT molecular complexity index is 436. The van der Waals surface area contributed by atoms with Crippen molar-refractivity contribution in [1.82, 2.24) is 10.2 Å². The van der Waals surface area contributed by atoms with E-state index in [1.165, 1.54) is 0 Å². The second-order valence-corrected chi connectivity index (χ2v) is 5.29. The van der Waals surface area contributed by atoms with E-state index in [2.05, 4.69) is 17.1 Å². The van der Waals surface area contributed by atoms with Crippen LogP contribution in [0.4, 0.5) is 5.69 Å². The average Bonchev–Trinajstić information content (AvgIpc) is 2.39. The van der Waals surface area contributed by atoms with Gasteiger partial charge in [0.25, 0.3) is 5.91 Å². The minimum absolute atomic E-state index is 0.168. The van der Waals surface area contributed by atoms with Crippen LogP contribution in [-0.4, -0.2) is 36.5 Å². The van der Waals surface area contributed by atoms with Gasteiger partial charge < -0.3 is 16.0 Å². The molecule has 19 heavy (non-hydrogen) atoms. The summed E-state index contributed by atoms with van der Waals surface area (Å²) in [6.45, 7) is 5.28. The Kier molecular flexibility index (Phi) is 4.66. The van der Waals surface area contributed by atoms with Gasteiger partial charge in [-0.15, -0.1) is 0 Å². The monoisotopic (exact) mass is 281 g/mol. The molecule has 0 radical (unpaired) electrons. The summed E-state index contributed by atoms with van der Waals surface area (Å²) in [7, 11) is 0. The number of hydrogen-bond acceptors (Lipinski definition) is 3. The molecule has 1 amide bonds. The molecule has 0 saturated carbocycles. The van der Waals surface area contributed by atoms with Crippen molar-refractivity contribution in [3.05, 3.63) is 28.8 Å². The van der Waals surface area contributed by atoms with Crippen molar-refractivity contribution in [2.75, 3.05) is 25.4 Å². The van der Waals surface area contributed by atoms with Crippen molar-refractivity contribution < 1.29 is 4.79 Å². The third-order valence-electron chi connectivity index (χ3n) is 3.64. The molecule has 0 bridgehead atoms. The van der Waals surface area contributed by atoms with Gasteiger partial charge >= 0.3 is 0 Å². The normalized spacial score (nSPS) is 17.4. The number of nitrogens with one attached hydrogen (secondary N) is 1. The molecule has 3 N–H and O–H groups in total. The molecule has 1 saturated heterocycles. The summed E-state index contributed by atoms with van der Waals surface area (Å²) >= 11 is 6.04. The number of amides is 1. The number of anilines is 1. The molecular weight excluding hydrogens is 262 g/mol. The molecule has 1 aromatic rings. The van der Waals surface area contributed by atoms with Crippen LogP contribution in [0, 0.1) is 0 Å². The molecule has 1 fully saturated rings. The standard InChI is InChI=1S/C14H20ClN3O/c1-2-18-8-6-10(7-9-18)17-14(19)13-11(15)4-3-5-12(13)16/h3-5,10H,2,6-9,16H2,1H3,(H,17,19). The number of nitrogens with zero attached hydrogens (tertiary/aromatic N) is 1. The second-order valence-electron chi connectivity index (χ2n) is 4.89. The van der Waals surface area contributed by atoms with Crippen molar-refractivity contribution in [2.24, 2.45) is 0 Å². The number of nitrogens with two attached hydrogens (primary N) is 1. The van der Waals surface area contributed by atoms with Gasteiger partial charge in [-0.3, -0.25) is 4.79 Å². The van der Waals surface area contributed by atoms with E-state index in [4.69, 9.17) is 17.3 Å². The van der Waals surface area contributed by atoms with Crippen molar-refractivity contribution >= 4 is 23.2 Å². The summed E-state index contributed by atoms with van der Waals surface area (Å²) in [5, 5.41) is 3.44. The molecular formula is C14H20ClN3O. The number of likely N-dealkylation sites (tertiary alicyclic amines) is 1. The molecule has 0 aliphatic carbocycles. The first kappa shape index (κ1) is 14.2. The molecule has 104 valence electrons. The Balaban J connectivity index is 1.98. The number of rotatable bonds is 3. The SMILES string of the molecule is CCN1CCC(NC(=O)c2c(N)cccc2Cl)CC1. The van der Waals surface area contributed by atoms with Crippen LogP contribution in [0.5, 0.6) is 0 Å². The quantitative estimate of drug-likeness (QED) is 0.835. The van der Waals surface area contributed by atoms with Crippen molar-refractivity contribution in [2.45, 2.75) is 25.8 Å². The van der Waals surface area contributed by atoms with Crippen molar-refractivity contribution in [3.8, 4) is 0 Å². The van der Waals surface area contributed by atoms with Crippen LogP contribution < -0.4 is 11.1 Å². The number of carbonyl (C=O) groups excluding carboxylic acids is 1. The van der Waals surface area contributed by atoms with Crippen LogP contribution >= 0.6 is 11.6 Å². The first-order valence-electron chi connectivity index (χ1n) is 6.69. The molecule has 2 rings (SSSR count). The van der Waals surface area contributed by atoms with Crippen LogP contribution in [0.25, 0.3) is 0 Å². The van der Waals surface area contributed by atoms with Gasteiger partial charge in [0.05, 0.1) is 10.6 Å². The Hall–Kier alpha value is -1.26. The van der Waals surface area contributed by atoms with Gasteiger partial charge in [-0.2, -0.15) is 0 Å². The zero-order chi connectivity index (χ0) is 13.8. The lowest BCUT2D eigenvalue weighted by Crippen LogP contribution is -2.44. The molecule has 5 heteroatoms. The molecule has 1 aliphatic rings. The van der Waals surface area contributed by atoms with E-state index in [1.807, 2.05) is 0 Å². The van der Waals surface area contributed by atoms with Gasteiger partial charge in [0.15, 0.2) is 0 Å². The summed E-state index contributed by atoms with van der Waals surface area (Å²) in [5.74, 6) is -0.168. The Morgan fingerprint density at radius 1 is 1.47 bits per heavy atom. The molecule has 1 aromatic carbocycles. The maximum atomic E-state index is 12.2. The Labute approximate surface area is 118 Å². The van der Waals surface area contributed by atoms with E-state index in [0.717, 1.165) is 32.5 Å². The number of carbonyl (C=O) groups is 1. The first-order chi connectivity index (χ1) is 9.11. The number of halogens is 1. The van der Waals surface area contributed by atoms with Crippen molar-refractivity contribution in [1.29, 1.82) is 0 Å². The number of benzene rings is 1. The maximum absolute atomic E-state index is 12.2. The summed E-state index contributed by atoms with van der Waals surface area (Å²) in [6, 6.07) is 5.34. The smallest absolute Gasteiger partial charge is 0.255 e. The van der Waals surface area contributed by atoms with Crippen molar-refractivity contribution in [3.63, 3.8) is 0 Å². The number of nitrogen functional groups attached to an aromatic ring is 1. The number of hydrogen-bond donors (Lipinski definition) is 2. The first-order valence-corrected chi connectivity index (χ1v) is 7.06. The Morgan fingerprint density at radius 3 is 2.74 bits per heavy atom. The fraction of sp³-hybridized carbons (Fsp3) is 0.500. The van der Waals surface area contributed by atoms with Crippen LogP contribution in [0.2, 0.25) is 5.02 Å². The molecule has 4 nitrogen and oxygen atoms in total. The fourth-order valence-electron chi connectivity index (χ4n) is 2.43. The fourth-order valence-corrected chi connectivity index (χ4v) is 2.70. The zero-order valence-corrected chi connectivity index (χ0v) is 11.9. The molecule has 0 unspecified atom stereocenters. The van der Waals surface area contributed by atoms with E-state index in [1.54, 1.807) is 18.2 Å². The summed E-state index contributed by atoms with van der Waals surface area (Å²) in [4.78, 5) is 14.6. The maximum Gasteiger partial charge on any atom is 0.255 e. The largest absolute Gasteiger partial charge is 0.398 e. The van der Waals surface area contributed by atoms with Crippen LogP contribution in [0.1, 0.15) is 30.1 Å². The van der Waals surface area contributed by atoms with E-state index in [0.29, 0.717) is 16.3 Å². The van der Waals surface area contributed by atoms with E-state index >= 15 is 0 Å². The van der Waals surface area contributed by atoms with Crippen LogP contribution in [-0.2, 0) is 0 Å². The van der Waals surface area contributed by atoms with Crippen LogP contribution in [0.15, 0.2) is 18.2 Å². The van der Waals surface area contributed by atoms with E-state index in [-0.39, 0.29) is 11.9 Å². The lowest BCUT2D eigenvalue weighted by Gasteiger charge is -2.31. The van der Waals surface area contributed by atoms with Gasteiger partial charge in [-0.1, -0.05) is 24.6 Å². The zero-order valence-electron chi connectivity index (χ0n) is 11.2. The molecule has 0 aromatic heterocycles. The Morgan fingerprint density at radius 2 is 2.16 bits per heavy atom. The summed E-state index contributed by atoms with van der Waals surface area (Å²) in [5.41, 5.74) is 6.64. The number of piperidine rings is 1. The van der Waals surface area contributed by atoms with Gasteiger partial charge in [0, 0.05) is 24.8 Å². The highest BCUT2D eigenvalue weighted by molar-refractivity contribution is 6.34. The molecule has 0 atom stereocenters. The lowest BCUT2D eigenvalue weighted by molar-refractivity contribution is 0.0914. The lowest BCUT2D eigenvalue weighted by atomic mass is 10.0. The third kappa shape index (κ3) is 3.39. The average molecular weight is 282 g/mol. The predicted octanol–water partition coefficient (Wildman–Crippen LogP) is 2.14. The second kappa shape index (κ2) is 6.26. The topological polar surface area (TPSA) is 58.4 Å². The summed E-state index contributed by atoms with van der Waals surface area (Å²) < 4.78 is 0. The minimum atomic E-state index is -0.168. The third-order valence-corrected chi connectivity index (χ3v) is 3.96. The highest BCUT2D eigenvalue weighted by Crippen LogP contribution is 2.22. The molecule has 1 aliphatic heterocycles. The van der Waals surface area contributed by atoms with Gasteiger partial charge in [0.2, 0.25) is 0 Å². The van der Waals surface area contributed by atoms with Crippen LogP contribution in [0.3, 0.4) is 0 Å². The minimum Gasteiger partial charge on any atom is -0.398 e. The van der Waals surface area contributed by atoms with Gasteiger partial charge in [-0.25, -0.2) is 0 Å². The highest BCUT2D eigenvalue weighted by Gasteiger charge is 2.22. The molecule has 0 spiro atoms. The van der Waals surface area contributed by atoms with Gasteiger partial charge in [-0.05, 0) is 31.5 Å². The predicted molar refractivity (Wildman–Crippen MR) is 78.5 cm³/mol.